The van der Waals surface area contributed by atoms with Gasteiger partial charge in [0.15, 0.2) is 0 Å². The first-order chi connectivity index (χ1) is 8.84. The van der Waals surface area contributed by atoms with E-state index >= 15 is 0 Å². The molecule has 3 rings (SSSR count). The second-order valence-electron chi connectivity index (χ2n) is 4.44. The van der Waals surface area contributed by atoms with E-state index in [9.17, 15) is 0 Å². The van der Waals surface area contributed by atoms with Crippen LogP contribution in [0.4, 0.5) is 5.13 Å². The number of hydrogen-bond acceptors (Lipinski definition) is 5. The summed E-state index contributed by atoms with van der Waals surface area (Å²) < 4.78 is 0. The third kappa shape index (κ3) is 2.23. The van der Waals surface area contributed by atoms with Crippen LogP contribution in [0.1, 0.15) is 5.56 Å². The first-order valence-corrected chi connectivity index (χ1v) is 7.01. The Morgan fingerprint density at radius 3 is 2.72 bits per heavy atom. The number of hydrogen-bond donors (Lipinski definition) is 1. The van der Waals surface area contributed by atoms with Gasteiger partial charge in [0.2, 0.25) is 5.13 Å². The largest absolute Gasteiger partial charge is 0.344 e. The van der Waals surface area contributed by atoms with Crippen LogP contribution in [0.3, 0.4) is 0 Å². The SMILES string of the molecule is Cc1ccccc1-c1nnc(N2CCNCC2)s1. The summed E-state index contributed by atoms with van der Waals surface area (Å²) in [6.07, 6.45) is 0. The normalized spacial score (nSPS) is 15.9. The molecule has 0 unspecified atom stereocenters. The van der Waals surface area contributed by atoms with Crippen molar-refractivity contribution in [1.29, 1.82) is 0 Å². The van der Waals surface area contributed by atoms with Crippen molar-refractivity contribution in [2.75, 3.05) is 31.1 Å². The average Bonchev–Trinajstić information content (AvgIpc) is 2.90. The lowest BCUT2D eigenvalue weighted by Gasteiger charge is -2.26. The Bertz CT molecular complexity index is 531. The zero-order valence-corrected chi connectivity index (χ0v) is 11.2. The van der Waals surface area contributed by atoms with Crippen LogP contribution < -0.4 is 10.2 Å². The van der Waals surface area contributed by atoms with E-state index in [1.165, 1.54) is 11.1 Å². The van der Waals surface area contributed by atoms with Gasteiger partial charge in [-0.3, -0.25) is 0 Å². The van der Waals surface area contributed by atoms with Gasteiger partial charge in [-0.1, -0.05) is 35.6 Å². The molecule has 0 bridgehead atoms. The van der Waals surface area contributed by atoms with E-state index < -0.39 is 0 Å². The molecule has 0 atom stereocenters. The summed E-state index contributed by atoms with van der Waals surface area (Å²) in [5, 5.41) is 14.1. The van der Waals surface area contributed by atoms with E-state index in [1.54, 1.807) is 11.3 Å². The molecule has 0 radical (unpaired) electrons. The van der Waals surface area contributed by atoms with E-state index in [2.05, 4.69) is 45.5 Å². The molecule has 2 aromatic rings. The maximum Gasteiger partial charge on any atom is 0.208 e. The van der Waals surface area contributed by atoms with Gasteiger partial charge in [0.05, 0.1) is 0 Å². The summed E-state index contributed by atoms with van der Waals surface area (Å²) in [5.74, 6) is 0. The Hall–Kier alpha value is -1.46. The molecule has 2 heterocycles. The summed E-state index contributed by atoms with van der Waals surface area (Å²) in [6, 6.07) is 8.32. The Morgan fingerprint density at radius 1 is 1.17 bits per heavy atom. The van der Waals surface area contributed by atoms with Crippen LogP contribution in [-0.4, -0.2) is 36.4 Å². The van der Waals surface area contributed by atoms with E-state index in [-0.39, 0.29) is 0 Å². The highest BCUT2D eigenvalue weighted by atomic mass is 32.1. The molecular weight excluding hydrogens is 244 g/mol. The first-order valence-electron chi connectivity index (χ1n) is 6.20. The third-order valence-electron chi connectivity index (χ3n) is 3.18. The molecule has 0 saturated carbocycles. The number of rotatable bonds is 2. The van der Waals surface area contributed by atoms with Gasteiger partial charge in [0, 0.05) is 31.7 Å². The second kappa shape index (κ2) is 5.04. The van der Waals surface area contributed by atoms with Gasteiger partial charge in [0.25, 0.3) is 0 Å². The van der Waals surface area contributed by atoms with Crippen LogP contribution in [-0.2, 0) is 0 Å². The van der Waals surface area contributed by atoms with Gasteiger partial charge in [-0.15, -0.1) is 10.2 Å². The Balaban J connectivity index is 1.87. The molecular formula is C13H16N4S. The van der Waals surface area contributed by atoms with Gasteiger partial charge in [0.1, 0.15) is 5.01 Å². The Morgan fingerprint density at radius 2 is 1.94 bits per heavy atom. The van der Waals surface area contributed by atoms with E-state index in [4.69, 9.17) is 0 Å². The van der Waals surface area contributed by atoms with Crippen molar-refractivity contribution in [3.8, 4) is 10.6 Å². The Kier molecular flexibility index (Phi) is 3.25. The van der Waals surface area contributed by atoms with Crippen molar-refractivity contribution in [1.82, 2.24) is 15.5 Å². The molecule has 0 amide bonds. The molecule has 0 aliphatic carbocycles. The predicted octanol–water partition coefficient (Wildman–Crippen LogP) is 1.92. The highest BCUT2D eigenvalue weighted by Gasteiger charge is 2.16. The van der Waals surface area contributed by atoms with Gasteiger partial charge in [-0.05, 0) is 12.5 Å². The lowest BCUT2D eigenvalue weighted by Crippen LogP contribution is -2.43. The molecule has 4 nitrogen and oxygen atoms in total. The highest BCUT2D eigenvalue weighted by Crippen LogP contribution is 2.30. The minimum atomic E-state index is 1.02. The van der Waals surface area contributed by atoms with Gasteiger partial charge < -0.3 is 10.2 Å². The van der Waals surface area contributed by atoms with Crippen molar-refractivity contribution in [3.63, 3.8) is 0 Å². The number of aromatic nitrogens is 2. The second-order valence-corrected chi connectivity index (χ2v) is 5.40. The zero-order chi connectivity index (χ0) is 12.4. The van der Waals surface area contributed by atoms with Crippen molar-refractivity contribution < 1.29 is 0 Å². The molecule has 1 saturated heterocycles. The maximum atomic E-state index is 4.33. The number of benzene rings is 1. The number of nitrogens with zero attached hydrogens (tertiary/aromatic N) is 3. The fourth-order valence-corrected chi connectivity index (χ4v) is 3.11. The molecule has 1 fully saturated rings. The molecule has 1 aliphatic heterocycles. The van der Waals surface area contributed by atoms with Crippen LogP contribution in [0, 0.1) is 6.92 Å². The topological polar surface area (TPSA) is 41.1 Å². The highest BCUT2D eigenvalue weighted by molar-refractivity contribution is 7.18. The average molecular weight is 260 g/mol. The summed E-state index contributed by atoms with van der Waals surface area (Å²) in [7, 11) is 0. The van der Waals surface area contributed by atoms with Gasteiger partial charge in [-0.25, -0.2) is 0 Å². The van der Waals surface area contributed by atoms with Crippen LogP contribution in [0.2, 0.25) is 0 Å². The van der Waals surface area contributed by atoms with Crippen molar-refractivity contribution in [2.45, 2.75) is 6.92 Å². The molecule has 1 aromatic carbocycles. The van der Waals surface area contributed by atoms with Crippen LogP contribution in [0.25, 0.3) is 10.6 Å². The van der Waals surface area contributed by atoms with E-state index in [1.807, 2.05) is 6.07 Å². The fourth-order valence-electron chi connectivity index (χ4n) is 2.12. The standard InChI is InChI=1S/C13H16N4S/c1-10-4-2-3-5-11(10)12-15-16-13(18-12)17-8-6-14-7-9-17/h2-5,14H,6-9H2,1H3. The van der Waals surface area contributed by atoms with Crippen LogP contribution in [0.5, 0.6) is 0 Å². The molecule has 94 valence electrons. The molecule has 0 spiro atoms. The lowest BCUT2D eigenvalue weighted by atomic mass is 10.1. The first kappa shape index (κ1) is 11.6. The van der Waals surface area contributed by atoms with Gasteiger partial charge >= 0.3 is 0 Å². The van der Waals surface area contributed by atoms with E-state index in [0.29, 0.717) is 0 Å². The van der Waals surface area contributed by atoms with Crippen molar-refractivity contribution >= 4 is 16.5 Å². The van der Waals surface area contributed by atoms with Gasteiger partial charge in [-0.2, -0.15) is 0 Å². The van der Waals surface area contributed by atoms with E-state index in [0.717, 1.165) is 36.3 Å². The monoisotopic (exact) mass is 260 g/mol. The quantitative estimate of drug-likeness (QED) is 0.895. The molecule has 1 N–H and O–H groups in total. The predicted molar refractivity (Wildman–Crippen MR) is 75.2 cm³/mol. The summed E-state index contributed by atoms with van der Waals surface area (Å²) in [4.78, 5) is 2.30. The minimum absolute atomic E-state index is 1.02. The number of nitrogens with one attached hydrogen (secondary N) is 1. The molecule has 1 aliphatic rings. The van der Waals surface area contributed by atoms with Crippen LogP contribution in [0.15, 0.2) is 24.3 Å². The molecule has 1 aromatic heterocycles. The summed E-state index contributed by atoms with van der Waals surface area (Å²) >= 11 is 1.68. The maximum absolute atomic E-state index is 4.33. The Labute approximate surface area is 111 Å². The van der Waals surface area contributed by atoms with Crippen LogP contribution >= 0.6 is 11.3 Å². The number of piperazine rings is 1. The van der Waals surface area contributed by atoms with Crippen molar-refractivity contribution in [2.24, 2.45) is 0 Å². The lowest BCUT2D eigenvalue weighted by molar-refractivity contribution is 0.587. The third-order valence-corrected chi connectivity index (χ3v) is 4.19. The fraction of sp³-hybridized carbons (Fsp3) is 0.385. The van der Waals surface area contributed by atoms with Crippen molar-refractivity contribution in [3.05, 3.63) is 29.8 Å². The smallest absolute Gasteiger partial charge is 0.208 e. The summed E-state index contributed by atoms with van der Waals surface area (Å²) in [6.45, 7) is 6.20. The molecule has 18 heavy (non-hydrogen) atoms. The molecule has 5 heteroatoms. The summed E-state index contributed by atoms with van der Waals surface area (Å²) in [5.41, 5.74) is 2.44. The minimum Gasteiger partial charge on any atom is -0.344 e. The number of anilines is 1. The zero-order valence-electron chi connectivity index (χ0n) is 10.4. The number of aryl methyl sites for hydroxylation is 1.